The van der Waals surface area contributed by atoms with E-state index in [1.807, 2.05) is 18.5 Å². The van der Waals surface area contributed by atoms with Crippen LogP contribution in [-0.4, -0.2) is 23.5 Å². The minimum Gasteiger partial charge on any atom is -0.302 e. The normalized spacial score (nSPS) is 13.0. The monoisotopic (exact) mass is 220 g/mol. The van der Waals surface area contributed by atoms with Crippen LogP contribution >= 0.6 is 0 Å². The maximum atomic E-state index is 4.15. The van der Waals surface area contributed by atoms with Gasteiger partial charge in [0.25, 0.3) is 0 Å². The lowest BCUT2D eigenvalue weighted by Crippen LogP contribution is -2.25. The van der Waals surface area contributed by atoms with Crippen molar-refractivity contribution in [2.45, 2.75) is 39.7 Å². The third kappa shape index (κ3) is 4.75. The lowest BCUT2D eigenvalue weighted by molar-refractivity contribution is 0.255. The molecule has 2 heteroatoms. The Hall–Kier alpha value is -0.890. The van der Waals surface area contributed by atoms with Crippen molar-refractivity contribution >= 4 is 0 Å². The average Bonchev–Trinajstić information content (AvgIpc) is 2.29. The van der Waals surface area contributed by atoms with Crippen molar-refractivity contribution in [3.63, 3.8) is 0 Å². The molecule has 0 fully saturated rings. The molecule has 1 aromatic heterocycles. The van der Waals surface area contributed by atoms with Gasteiger partial charge in [-0.05, 0) is 31.0 Å². The fourth-order valence-corrected chi connectivity index (χ4v) is 2.14. The Labute approximate surface area is 99.7 Å². The van der Waals surface area contributed by atoms with Gasteiger partial charge in [-0.25, -0.2) is 0 Å². The summed E-state index contributed by atoms with van der Waals surface area (Å²) in [6, 6.07) is 4.15. The van der Waals surface area contributed by atoms with Gasteiger partial charge in [-0.3, -0.25) is 4.98 Å². The van der Waals surface area contributed by atoms with Crippen LogP contribution in [-0.2, 0) is 6.54 Å². The van der Waals surface area contributed by atoms with Gasteiger partial charge in [-0.2, -0.15) is 0 Å². The molecule has 0 N–H and O–H groups in total. The van der Waals surface area contributed by atoms with Crippen molar-refractivity contribution in [3.8, 4) is 0 Å². The summed E-state index contributed by atoms with van der Waals surface area (Å²) in [6.45, 7) is 6.76. The Morgan fingerprint density at radius 3 is 2.75 bits per heavy atom. The zero-order valence-electron chi connectivity index (χ0n) is 10.8. The maximum absolute atomic E-state index is 4.15. The molecule has 0 radical (unpaired) electrons. The van der Waals surface area contributed by atoms with Crippen LogP contribution in [0.1, 0.15) is 38.7 Å². The lowest BCUT2D eigenvalue weighted by Gasteiger charge is -2.22. The van der Waals surface area contributed by atoms with Crippen LogP contribution in [0, 0.1) is 5.92 Å². The van der Waals surface area contributed by atoms with E-state index in [-0.39, 0.29) is 0 Å². The number of aromatic nitrogens is 1. The Bertz CT molecular complexity index is 271. The second-order valence-corrected chi connectivity index (χ2v) is 4.62. The molecule has 0 spiro atoms. The topological polar surface area (TPSA) is 16.1 Å². The minimum atomic E-state index is 0.840. The summed E-state index contributed by atoms with van der Waals surface area (Å²) in [5.41, 5.74) is 1.30. The third-order valence-corrected chi connectivity index (χ3v) is 3.02. The number of nitrogens with zero attached hydrogens (tertiary/aromatic N) is 2. The van der Waals surface area contributed by atoms with Crippen molar-refractivity contribution in [1.29, 1.82) is 0 Å². The molecule has 90 valence electrons. The van der Waals surface area contributed by atoms with Gasteiger partial charge in [0, 0.05) is 25.5 Å². The fraction of sp³-hybridized carbons (Fsp3) is 0.643. The second kappa shape index (κ2) is 7.39. The Kier molecular flexibility index (Phi) is 6.09. The van der Waals surface area contributed by atoms with Crippen LogP contribution in [0.3, 0.4) is 0 Å². The molecule has 1 heterocycles. The first-order valence-corrected chi connectivity index (χ1v) is 6.33. The highest BCUT2D eigenvalue weighted by Crippen LogP contribution is 2.13. The molecule has 1 atom stereocenters. The van der Waals surface area contributed by atoms with Gasteiger partial charge in [-0.1, -0.05) is 32.8 Å². The van der Waals surface area contributed by atoms with Crippen molar-refractivity contribution in [1.82, 2.24) is 9.88 Å². The van der Waals surface area contributed by atoms with Crippen LogP contribution < -0.4 is 0 Å². The van der Waals surface area contributed by atoms with Gasteiger partial charge in [0.1, 0.15) is 0 Å². The molecule has 2 nitrogen and oxygen atoms in total. The van der Waals surface area contributed by atoms with Crippen molar-refractivity contribution in [2.75, 3.05) is 13.6 Å². The van der Waals surface area contributed by atoms with Crippen molar-refractivity contribution in [3.05, 3.63) is 30.1 Å². The molecule has 0 amide bonds. The molecule has 0 saturated heterocycles. The standard InChI is InChI=1S/C14H24N2/c1-4-7-13(5-2)11-16(3)12-14-8-6-9-15-10-14/h6,8-10,13H,4-5,7,11-12H2,1-3H3. The van der Waals surface area contributed by atoms with Crippen LogP contribution in [0.4, 0.5) is 0 Å². The molecule has 0 aliphatic carbocycles. The van der Waals surface area contributed by atoms with E-state index in [0.717, 1.165) is 12.5 Å². The predicted octanol–water partition coefficient (Wildman–Crippen LogP) is 3.34. The summed E-state index contributed by atoms with van der Waals surface area (Å²) in [7, 11) is 2.20. The van der Waals surface area contributed by atoms with Gasteiger partial charge >= 0.3 is 0 Å². The molecule has 0 aliphatic heterocycles. The Morgan fingerprint density at radius 2 is 2.19 bits per heavy atom. The fourth-order valence-electron chi connectivity index (χ4n) is 2.14. The zero-order valence-corrected chi connectivity index (χ0v) is 10.8. The highest BCUT2D eigenvalue weighted by molar-refractivity contribution is 5.07. The van der Waals surface area contributed by atoms with Crippen molar-refractivity contribution in [2.24, 2.45) is 5.92 Å². The highest BCUT2D eigenvalue weighted by atomic mass is 15.1. The van der Waals surface area contributed by atoms with E-state index in [1.165, 1.54) is 31.4 Å². The molecular formula is C14H24N2. The largest absolute Gasteiger partial charge is 0.302 e. The first-order valence-electron chi connectivity index (χ1n) is 6.33. The van der Waals surface area contributed by atoms with Crippen LogP contribution in [0.15, 0.2) is 24.5 Å². The van der Waals surface area contributed by atoms with Gasteiger partial charge < -0.3 is 4.90 Å². The SMILES string of the molecule is CCCC(CC)CN(C)Cc1cccnc1. The summed E-state index contributed by atoms with van der Waals surface area (Å²) in [6.07, 6.45) is 7.70. The summed E-state index contributed by atoms with van der Waals surface area (Å²) in [4.78, 5) is 6.55. The number of hydrogen-bond acceptors (Lipinski definition) is 2. The van der Waals surface area contributed by atoms with E-state index in [4.69, 9.17) is 0 Å². The van der Waals surface area contributed by atoms with E-state index in [2.05, 4.69) is 36.8 Å². The van der Waals surface area contributed by atoms with Gasteiger partial charge in [0.05, 0.1) is 0 Å². The molecule has 0 bridgehead atoms. The number of pyridine rings is 1. The Balaban J connectivity index is 2.37. The van der Waals surface area contributed by atoms with Crippen LogP contribution in [0.5, 0.6) is 0 Å². The Morgan fingerprint density at radius 1 is 1.38 bits per heavy atom. The quantitative estimate of drug-likeness (QED) is 0.700. The number of hydrogen-bond donors (Lipinski definition) is 0. The second-order valence-electron chi connectivity index (χ2n) is 4.62. The summed E-state index contributed by atoms with van der Waals surface area (Å²) in [5, 5.41) is 0. The molecule has 0 saturated carbocycles. The molecule has 0 aliphatic rings. The van der Waals surface area contributed by atoms with E-state index in [9.17, 15) is 0 Å². The zero-order chi connectivity index (χ0) is 11.8. The highest BCUT2D eigenvalue weighted by Gasteiger charge is 2.08. The first-order chi connectivity index (χ1) is 7.76. The smallest absolute Gasteiger partial charge is 0.0312 e. The van der Waals surface area contributed by atoms with Gasteiger partial charge in [0.2, 0.25) is 0 Å². The molecule has 1 unspecified atom stereocenters. The third-order valence-electron chi connectivity index (χ3n) is 3.02. The predicted molar refractivity (Wildman–Crippen MR) is 69.3 cm³/mol. The molecule has 16 heavy (non-hydrogen) atoms. The minimum absolute atomic E-state index is 0.840. The summed E-state index contributed by atoms with van der Waals surface area (Å²) >= 11 is 0. The summed E-state index contributed by atoms with van der Waals surface area (Å²) < 4.78 is 0. The van der Waals surface area contributed by atoms with Gasteiger partial charge in [-0.15, -0.1) is 0 Å². The molecular weight excluding hydrogens is 196 g/mol. The first kappa shape index (κ1) is 13.2. The summed E-state index contributed by atoms with van der Waals surface area (Å²) in [5.74, 6) is 0.840. The van der Waals surface area contributed by atoms with Gasteiger partial charge in [0.15, 0.2) is 0 Å². The molecule has 1 aromatic rings. The van der Waals surface area contributed by atoms with E-state index in [0.29, 0.717) is 0 Å². The van der Waals surface area contributed by atoms with E-state index >= 15 is 0 Å². The van der Waals surface area contributed by atoms with Crippen LogP contribution in [0.2, 0.25) is 0 Å². The number of rotatable bonds is 7. The van der Waals surface area contributed by atoms with E-state index in [1.54, 1.807) is 0 Å². The average molecular weight is 220 g/mol. The lowest BCUT2D eigenvalue weighted by atomic mass is 10.0. The van der Waals surface area contributed by atoms with E-state index < -0.39 is 0 Å². The molecule has 0 aromatic carbocycles. The van der Waals surface area contributed by atoms with Crippen molar-refractivity contribution < 1.29 is 0 Å². The maximum Gasteiger partial charge on any atom is 0.0312 e. The molecule has 1 rings (SSSR count). The van der Waals surface area contributed by atoms with Crippen LogP contribution in [0.25, 0.3) is 0 Å².